The van der Waals surface area contributed by atoms with Crippen LogP contribution in [0.1, 0.15) is 18.4 Å². The minimum Gasteiger partial charge on any atom is -0.484 e. The monoisotopic (exact) mass is 390 g/mol. The summed E-state index contributed by atoms with van der Waals surface area (Å²) in [4.78, 5) is 26.0. The van der Waals surface area contributed by atoms with Crippen LogP contribution in [0.25, 0.3) is 0 Å². The minimum atomic E-state index is -0.443. The zero-order valence-corrected chi connectivity index (χ0v) is 15.4. The molecule has 0 spiro atoms. The smallest absolute Gasteiger partial charge is 0.258 e. The number of hydrogen-bond acceptors (Lipinski definition) is 3. The number of rotatable bonds is 8. The Balaban J connectivity index is 1.52. The molecule has 0 aromatic heterocycles. The number of para-hydroxylation sites is 1. The van der Waals surface area contributed by atoms with Gasteiger partial charge in [-0.2, -0.15) is 0 Å². The van der Waals surface area contributed by atoms with Gasteiger partial charge in [-0.05, 0) is 37.1 Å². The number of ether oxygens (including phenoxy) is 1. The molecule has 7 heteroatoms. The third-order valence-corrected chi connectivity index (χ3v) is 4.60. The molecule has 0 atom stereocenters. The standard InChI is InChI=1S/C20H20ClFN2O3/c21-17-7-4-8-18(22)16(17)12-24(14-9-10-14)20(26)11-23-19(25)13-27-15-5-2-1-3-6-15/h1-8,14H,9-13H2,(H,23,25). The maximum Gasteiger partial charge on any atom is 0.258 e. The summed E-state index contributed by atoms with van der Waals surface area (Å²) < 4.78 is 19.4. The van der Waals surface area contributed by atoms with E-state index < -0.39 is 11.7 Å². The zero-order chi connectivity index (χ0) is 19.2. The number of carbonyl (C=O) groups excluding carboxylic acids is 2. The highest BCUT2D eigenvalue weighted by atomic mass is 35.5. The fourth-order valence-corrected chi connectivity index (χ4v) is 2.88. The lowest BCUT2D eigenvalue weighted by molar-refractivity contribution is -0.134. The molecule has 2 amide bonds. The van der Waals surface area contributed by atoms with Crippen LogP contribution in [0.2, 0.25) is 5.02 Å². The van der Waals surface area contributed by atoms with E-state index in [0.717, 1.165) is 12.8 Å². The normalized spacial score (nSPS) is 13.1. The van der Waals surface area contributed by atoms with Crippen LogP contribution in [-0.2, 0) is 16.1 Å². The molecule has 1 aliphatic carbocycles. The van der Waals surface area contributed by atoms with Crippen molar-refractivity contribution in [2.45, 2.75) is 25.4 Å². The van der Waals surface area contributed by atoms with E-state index in [1.54, 1.807) is 35.2 Å². The number of benzene rings is 2. The molecule has 3 rings (SSSR count). The number of nitrogens with one attached hydrogen (secondary N) is 1. The summed E-state index contributed by atoms with van der Waals surface area (Å²) >= 11 is 6.07. The van der Waals surface area contributed by atoms with Crippen molar-refractivity contribution in [2.75, 3.05) is 13.2 Å². The third kappa shape index (κ3) is 5.44. The maximum absolute atomic E-state index is 14.0. The molecule has 0 heterocycles. The first-order valence-electron chi connectivity index (χ1n) is 8.71. The minimum absolute atomic E-state index is 0.0608. The maximum atomic E-state index is 14.0. The van der Waals surface area contributed by atoms with Gasteiger partial charge in [-0.3, -0.25) is 9.59 Å². The molecule has 1 N–H and O–H groups in total. The molecule has 142 valence electrons. The number of amides is 2. The zero-order valence-electron chi connectivity index (χ0n) is 14.7. The molecule has 2 aromatic rings. The lowest BCUT2D eigenvalue weighted by Gasteiger charge is -2.23. The quantitative estimate of drug-likeness (QED) is 0.753. The van der Waals surface area contributed by atoms with Crippen molar-refractivity contribution < 1.29 is 18.7 Å². The van der Waals surface area contributed by atoms with E-state index in [4.69, 9.17) is 16.3 Å². The van der Waals surface area contributed by atoms with E-state index in [9.17, 15) is 14.0 Å². The summed E-state index contributed by atoms with van der Waals surface area (Å²) in [6, 6.07) is 13.4. The second kappa shape index (κ2) is 8.86. The highest BCUT2D eigenvalue weighted by molar-refractivity contribution is 6.31. The molecule has 1 saturated carbocycles. The molecule has 0 unspecified atom stereocenters. The summed E-state index contributed by atoms with van der Waals surface area (Å²) in [7, 11) is 0. The predicted octanol–water partition coefficient (Wildman–Crippen LogP) is 3.17. The fraction of sp³-hybridized carbons (Fsp3) is 0.300. The van der Waals surface area contributed by atoms with Crippen LogP contribution < -0.4 is 10.1 Å². The van der Waals surface area contributed by atoms with Crippen LogP contribution in [0.15, 0.2) is 48.5 Å². The largest absolute Gasteiger partial charge is 0.484 e. The molecule has 0 aliphatic heterocycles. The van der Waals surface area contributed by atoms with Crippen LogP contribution in [0.5, 0.6) is 5.75 Å². The van der Waals surface area contributed by atoms with Crippen LogP contribution in [0.3, 0.4) is 0 Å². The van der Waals surface area contributed by atoms with E-state index >= 15 is 0 Å². The van der Waals surface area contributed by atoms with Gasteiger partial charge in [-0.15, -0.1) is 0 Å². The summed E-state index contributed by atoms with van der Waals surface area (Å²) in [5.41, 5.74) is 0.290. The predicted molar refractivity (Wildman–Crippen MR) is 99.9 cm³/mol. The first kappa shape index (κ1) is 19.2. The molecular weight excluding hydrogens is 371 g/mol. The Morgan fingerprint density at radius 1 is 1.15 bits per heavy atom. The first-order chi connectivity index (χ1) is 13.0. The average Bonchev–Trinajstić information content (AvgIpc) is 3.50. The van der Waals surface area contributed by atoms with Gasteiger partial charge in [0.05, 0.1) is 13.1 Å². The van der Waals surface area contributed by atoms with E-state index in [0.29, 0.717) is 5.75 Å². The van der Waals surface area contributed by atoms with Crippen LogP contribution in [0.4, 0.5) is 4.39 Å². The fourth-order valence-electron chi connectivity index (χ4n) is 2.65. The first-order valence-corrected chi connectivity index (χ1v) is 9.09. The van der Waals surface area contributed by atoms with E-state index in [2.05, 4.69) is 5.32 Å². The molecule has 2 aromatic carbocycles. The summed E-state index contributed by atoms with van der Waals surface area (Å²) in [6.07, 6.45) is 1.73. The van der Waals surface area contributed by atoms with Crippen molar-refractivity contribution in [3.8, 4) is 5.75 Å². The highest BCUT2D eigenvalue weighted by Crippen LogP contribution is 2.30. The third-order valence-electron chi connectivity index (χ3n) is 4.25. The van der Waals surface area contributed by atoms with Gasteiger partial charge in [0.15, 0.2) is 6.61 Å². The van der Waals surface area contributed by atoms with Crippen LogP contribution >= 0.6 is 11.6 Å². The molecule has 1 aliphatic rings. The summed E-state index contributed by atoms with van der Waals surface area (Å²) in [6.45, 7) is -0.259. The molecular formula is C20H20ClFN2O3. The van der Waals surface area contributed by atoms with Crippen molar-refractivity contribution in [3.05, 3.63) is 64.9 Å². The SMILES string of the molecule is O=C(COc1ccccc1)NCC(=O)N(Cc1c(F)cccc1Cl)C1CC1. The Morgan fingerprint density at radius 3 is 2.56 bits per heavy atom. The Kier molecular flexibility index (Phi) is 6.29. The summed E-state index contributed by atoms with van der Waals surface area (Å²) in [5.74, 6) is -0.536. The lowest BCUT2D eigenvalue weighted by Crippen LogP contribution is -2.42. The van der Waals surface area contributed by atoms with Gasteiger partial charge in [0.1, 0.15) is 11.6 Å². The van der Waals surface area contributed by atoms with Gasteiger partial charge in [0, 0.05) is 16.6 Å². The Hall–Kier alpha value is -2.60. The molecule has 0 bridgehead atoms. The van der Waals surface area contributed by atoms with Gasteiger partial charge in [-0.1, -0.05) is 35.9 Å². The van der Waals surface area contributed by atoms with Gasteiger partial charge in [0.25, 0.3) is 5.91 Å². The molecule has 0 saturated heterocycles. The van der Waals surface area contributed by atoms with Crippen molar-refractivity contribution in [2.24, 2.45) is 0 Å². The van der Waals surface area contributed by atoms with Crippen molar-refractivity contribution in [1.29, 1.82) is 0 Å². The second-order valence-corrected chi connectivity index (χ2v) is 6.74. The lowest BCUT2D eigenvalue weighted by atomic mass is 10.2. The van der Waals surface area contributed by atoms with E-state index in [-0.39, 0.29) is 42.2 Å². The van der Waals surface area contributed by atoms with E-state index in [1.807, 2.05) is 6.07 Å². The topological polar surface area (TPSA) is 58.6 Å². The summed E-state index contributed by atoms with van der Waals surface area (Å²) in [5, 5.41) is 2.83. The average molecular weight is 391 g/mol. The Bertz CT molecular complexity index is 792. The van der Waals surface area contributed by atoms with Gasteiger partial charge in [-0.25, -0.2) is 4.39 Å². The number of halogens is 2. The number of hydrogen-bond donors (Lipinski definition) is 1. The second-order valence-electron chi connectivity index (χ2n) is 6.33. The highest BCUT2D eigenvalue weighted by Gasteiger charge is 2.33. The molecule has 5 nitrogen and oxygen atoms in total. The van der Waals surface area contributed by atoms with E-state index in [1.165, 1.54) is 12.1 Å². The van der Waals surface area contributed by atoms with Crippen molar-refractivity contribution in [1.82, 2.24) is 10.2 Å². The van der Waals surface area contributed by atoms with Gasteiger partial charge >= 0.3 is 0 Å². The van der Waals surface area contributed by atoms with Gasteiger partial charge < -0.3 is 15.0 Å². The van der Waals surface area contributed by atoms with Gasteiger partial charge in [0.2, 0.25) is 5.91 Å². The van der Waals surface area contributed by atoms with Crippen LogP contribution in [-0.4, -0.2) is 35.9 Å². The van der Waals surface area contributed by atoms with Crippen molar-refractivity contribution >= 4 is 23.4 Å². The molecule has 0 radical (unpaired) electrons. The Morgan fingerprint density at radius 2 is 1.89 bits per heavy atom. The number of nitrogens with zero attached hydrogens (tertiary/aromatic N) is 1. The number of carbonyl (C=O) groups is 2. The Labute approximate surface area is 162 Å². The molecule has 27 heavy (non-hydrogen) atoms. The van der Waals surface area contributed by atoms with Crippen molar-refractivity contribution in [3.63, 3.8) is 0 Å². The van der Waals surface area contributed by atoms with Crippen LogP contribution in [0, 0.1) is 5.82 Å². The molecule has 1 fully saturated rings.